The molecule has 1 saturated carbocycles. The number of carbonyl (C=O) groups excluding carboxylic acids is 1. The van der Waals surface area contributed by atoms with E-state index in [0.717, 1.165) is 5.56 Å². The monoisotopic (exact) mass is 437 g/mol. The summed E-state index contributed by atoms with van der Waals surface area (Å²) < 4.78 is 27.7. The zero-order chi connectivity index (χ0) is 22.5. The van der Waals surface area contributed by atoms with Gasteiger partial charge in [-0.2, -0.15) is 5.26 Å². The van der Waals surface area contributed by atoms with Crippen LogP contribution >= 0.6 is 7.14 Å². The van der Waals surface area contributed by atoms with Crippen LogP contribution in [-0.2, 0) is 9.36 Å². The summed E-state index contributed by atoms with van der Waals surface area (Å²) in [7, 11) is -2.54. The van der Waals surface area contributed by atoms with E-state index < -0.39 is 13.0 Å². The van der Waals surface area contributed by atoms with Crippen molar-refractivity contribution in [2.75, 3.05) is 24.4 Å². The Labute approximate surface area is 178 Å². The molecule has 0 saturated heterocycles. The molecular weight excluding hydrogens is 416 g/mol. The van der Waals surface area contributed by atoms with Crippen LogP contribution in [0, 0.1) is 35.9 Å². The highest BCUT2D eigenvalue weighted by molar-refractivity contribution is 7.70. The maximum Gasteiger partial charge on any atom is 0.230 e. The zero-order valence-electron chi connectivity index (χ0n) is 17.3. The molecule has 3 N–H and O–H groups in total. The lowest BCUT2D eigenvalue weighted by Crippen LogP contribution is -2.16. The molecule has 4 rings (SSSR count). The van der Waals surface area contributed by atoms with Crippen molar-refractivity contribution < 1.29 is 13.8 Å². The number of rotatable bonds is 4. The molecule has 31 heavy (non-hydrogen) atoms. The smallest absolute Gasteiger partial charge is 0.230 e. The van der Waals surface area contributed by atoms with Gasteiger partial charge >= 0.3 is 0 Å². The number of hydrogen-bond acceptors (Lipinski definition) is 6. The van der Waals surface area contributed by atoms with Crippen molar-refractivity contribution in [2.45, 2.75) is 13.3 Å². The molecule has 1 amide bonds. The highest BCUT2D eigenvalue weighted by Gasteiger charge is 2.43. The fourth-order valence-corrected chi connectivity index (χ4v) is 4.41. The van der Waals surface area contributed by atoms with E-state index in [0.29, 0.717) is 22.7 Å². The number of benzene rings is 2. The molecule has 0 aliphatic heterocycles. The van der Waals surface area contributed by atoms with Crippen molar-refractivity contribution >= 4 is 40.8 Å². The molecule has 1 aromatic heterocycles. The van der Waals surface area contributed by atoms with Crippen LogP contribution in [0.5, 0.6) is 0 Å². The second kappa shape index (κ2) is 7.44. The van der Waals surface area contributed by atoms with Crippen molar-refractivity contribution in [1.82, 2.24) is 10.2 Å². The van der Waals surface area contributed by atoms with Crippen LogP contribution in [-0.4, -0.2) is 29.4 Å². The highest BCUT2D eigenvalue weighted by Crippen LogP contribution is 2.40. The minimum atomic E-state index is -2.54. The molecule has 1 aliphatic carbocycles. The number of amides is 1. The minimum absolute atomic E-state index is 0.148. The van der Waals surface area contributed by atoms with Gasteiger partial charge in [0, 0.05) is 16.3 Å². The summed E-state index contributed by atoms with van der Waals surface area (Å²) in [5, 5.41) is 20.6. The molecule has 158 valence electrons. The number of nitrogen functional groups attached to an aromatic ring is 1. The van der Waals surface area contributed by atoms with Crippen molar-refractivity contribution in [3.8, 4) is 17.2 Å². The van der Waals surface area contributed by atoms with Gasteiger partial charge in [-0.3, -0.25) is 4.79 Å². The zero-order valence-corrected chi connectivity index (χ0v) is 18.2. The summed E-state index contributed by atoms with van der Waals surface area (Å²) in [6.07, 6.45) is 0.528. The second-order valence-corrected chi connectivity index (χ2v) is 11.5. The van der Waals surface area contributed by atoms with E-state index in [4.69, 9.17) is 11.0 Å². The fourth-order valence-electron chi connectivity index (χ4n) is 3.53. The highest BCUT2D eigenvalue weighted by atomic mass is 31.2. The fraction of sp³-hybridized carbons (Fsp3) is 0.273. The lowest BCUT2D eigenvalue weighted by atomic mass is 9.97. The van der Waals surface area contributed by atoms with E-state index in [1.165, 1.54) is 0 Å². The minimum Gasteiger partial charge on any atom is -0.395 e. The second-order valence-electron chi connectivity index (χ2n) is 8.24. The Morgan fingerprint density at radius 3 is 2.65 bits per heavy atom. The van der Waals surface area contributed by atoms with Crippen molar-refractivity contribution in [3.05, 3.63) is 41.7 Å². The molecule has 0 spiro atoms. The number of nitrogens with zero attached hydrogens (tertiary/aromatic N) is 3. The van der Waals surface area contributed by atoms with Gasteiger partial charge in [-0.25, -0.2) is 4.39 Å². The predicted molar refractivity (Wildman–Crippen MR) is 119 cm³/mol. The van der Waals surface area contributed by atoms with Crippen molar-refractivity contribution in [3.63, 3.8) is 0 Å². The Kier molecular flexibility index (Phi) is 5.03. The van der Waals surface area contributed by atoms with E-state index in [1.807, 2.05) is 13.0 Å². The Bertz CT molecular complexity index is 1330. The summed E-state index contributed by atoms with van der Waals surface area (Å²) in [5.74, 6) is -1.33. The number of hydrogen-bond donors (Lipinski definition) is 2. The average Bonchev–Trinajstić information content (AvgIpc) is 3.50. The van der Waals surface area contributed by atoms with Crippen LogP contribution in [0.2, 0.25) is 0 Å². The third-order valence-electron chi connectivity index (χ3n) is 5.53. The number of anilines is 2. The SMILES string of the molecule is Cc1ccc(P(C)(C)=O)cc1-c1cc2cc(NC(=O)[C@@H]3C[C@H]3C#N)nnc2c(N)c1F. The molecule has 1 aliphatic rings. The number of nitrogens with one attached hydrogen (secondary N) is 1. The van der Waals surface area contributed by atoms with Gasteiger partial charge in [-0.1, -0.05) is 12.1 Å². The van der Waals surface area contributed by atoms with E-state index >= 15 is 4.39 Å². The van der Waals surface area contributed by atoms with Gasteiger partial charge < -0.3 is 15.6 Å². The number of nitriles is 1. The first-order chi connectivity index (χ1) is 14.6. The number of carbonyl (C=O) groups is 1. The van der Waals surface area contributed by atoms with Crippen LogP contribution in [0.1, 0.15) is 12.0 Å². The molecule has 1 heterocycles. The van der Waals surface area contributed by atoms with E-state index in [9.17, 15) is 9.36 Å². The maximum absolute atomic E-state index is 15.2. The Morgan fingerprint density at radius 1 is 1.26 bits per heavy atom. The quantitative estimate of drug-likeness (QED) is 0.474. The topological polar surface area (TPSA) is 122 Å². The molecule has 0 unspecified atom stereocenters. The van der Waals surface area contributed by atoms with E-state index in [1.54, 1.807) is 37.6 Å². The molecule has 2 aromatic carbocycles. The lowest BCUT2D eigenvalue weighted by Gasteiger charge is -2.15. The maximum atomic E-state index is 15.2. The van der Waals surface area contributed by atoms with Gasteiger partial charge in [0.2, 0.25) is 5.91 Å². The Balaban J connectivity index is 1.79. The number of aromatic nitrogens is 2. The summed E-state index contributed by atoms with van der Waals surface area (Å²) in [6, 6.07) is 10.6. The van der Waals surface area contributed by atoms with Crippen molar-refractivity contribution in [1.29, 1.82) is 5.26 Å². The number of fused-ring (bicyclic) bond motifs is 1. The first-order valence-corrected chi connectivity index (χ1v) is 12.3. The van der Waals surface area contributed by atoms with Gasteiger partial charge in [0.15, 0.2) is 11.6 Å². The van der Waals surface area contributed by atoms with Crippen LogP contribution in [0.25, 0.3) is 22.0 Å². The molecule has 0 radical (unpaired) electrons. The van der Waals surface area contributed by atoms with Crippen LogP contribution in [0.4, 0.5) is 15.9 Å². The molecular formula is C22H21FN5O2P. The molecule has 1 fully saturated rings. The summed E-state index contributed by atoms with van der Waals surface area (Å²) in [4.78, 5) is 12.2. The van der Waals surface area contributed by atoms with Crippen LogP contribution in [0.15, 0.2) is 30.3 Å². The third-order valence-corrected chi connectivity index (χ3v) is 7.05. The third kappa shape index (κ3) is 3.89. The summed E-state index contributed by atoms with van der Waals surface area (Å²) in [5.41, 5.74) is 7.71. The molecule has 2 atom stereocenters. The number of aryl methyl sites for hydroxylation is 1. The number of halogens is 1. The summed E-state index contributed by atoms with van der Waals surface area (Å²) in [6.45, 7) is 5.16. The first kappa shape index (κ1) is 21.0. The Hall–Kier alpha value is -3.30. The summed E-state index contributed by atoms with van der Waals surface area (Å²) >= 11 is 0. The number of nitrogens with two attached hydrogens (primary N) is 1. The van der Waals surface area contributed by atoms with Crippen LogP contribution < -0.4 is 16.4 Å². The van der Waals surface area contributed by atoms with Crippen molar-refractivity contribution in [2.24, 2.45) is 11.8 Å². The molecule has 3 aromatic rings. The average molecular weight is 437 g/mol. The van der Waals surface area contributed by atoms with E-state index in [-0.39, 0.29) is 40.3 Å². The van der Waals surface area contributed by atoms with Gasteiger partial charge in [0.1, 0.15) is 12.7 Å². The van der Waals surface area contributed by atoms with Gasteiger partial charge in [-0.15, -0.1) is 10.2 Å². The lowest BCUT2D eigenvalue weighted by molar-refractivity contribution is -0.117. The normalized spacial score (nSPS) is 17.9. The van der Waals surface area contributed by atoms with E-state index in [2.05, 4.69) is 21.6 Å². The molecule has 9 heteroatoms. The molecule has 0 bridgehead atoms. The predicted octanol–water partition coefficient (Wildman–Crippen LogP) is 3.67. The van der Waals surface area contributed by atoms with Gasteiger partial charge in [0.05, 0.1) is 23.6 Å². The molecule has 7 nitrogen and oxygen atoms in total. The van der Waals surface area contributed by atoms with Gasteiger partial charge in [0.25, 0.3) is 0 Å². The standard InChI is InChI=1S/C22H21FN5O2P/c1-11-4-5-14(31(2,3)30)9-15(11)17-6-12-8-18(26-22(29)16-7-13(16)10-24)27-28-21(12)20(25)19(17)23/h4-6,8-9,13,16H,7,25H2,1-3H3,(H,26,27,29)/t13-,16+/m0/s1. The van der Waals surface area contributed by atoms with Gasteiger partial charge in [-0.05, 0) is 56.0 Å². The first-order valence-electron chi connectivity index (χ1n) is 9.72. The largest absolute Gasteiger partial charge is 0.395 e. The Morgan fingerprint density at radius 2 is 2.00 bits per heavy atom. The van der Waals surface area contributed by atoms with Crippen LogP contribution in [0.3, 0.4) is 0 Å².